The molecule has 0 saturated carbocycles. The molecule has 22 heavy (non-hydrogen) atoms. The molecule has 0 saturated heterocycles. The number of methoxy groups -OCH3 is 1. The highest BCUT2D eigenvalue weighted by Crippen LogP contribution is 2.40. The average molecular weight is 294 g/mol. The lowest BCUT2D eigenvalue weighted by Crippen LogP contribution is -2.45. The molecule has 1 heterocycles. The van der Waals surface area contributed by atoms with Gasteiger partial charge in [-0.15, -0.1) is 0 Å². The molecule has 112 valence electrons. The van der Waals surface area contributed by atoms with Gasteiger partial charge in [0.05, 0.1) is 7.11 Å². The first kappa shape index (κ1) is 14.2. The Hall–Kier alpha value is -2.79. The molecule has 0 spiro atoms. The molecule has 0 fully saturated rings. The van der Waals surface area contributed by atoms with Crippen LogP contribution in [-0.4, -0.2) is 13.1 Å². The second kappa shape index (κ2) is 5.54. The fourth-order valence-electron chi connectivity index (χ4n) is 2.62. The molecule has 0 amide bonds. The van der Waals surface area contributed by atoms with Gasteiger partial charge in [-0.05, 0) is 11.6 Å². The Morgan fingerprint density at radius 2 is 1.73 bits per heavy atom. The Bertz CT molecular complexity index is 739. The van der Waals surface area contributed by atoms with E-state index >= 15 is 0 Å². The normalized spacial score (nSPS) is 20.6. The summed E-state index contributed by atoms with van der Waals surface area (Å²) in [7, 11) is 1.61. The van der Waals surface area contributed by atoms with Crippen LogP contribution in [-0.2, 0) is 5.66 Å². The predicted octanol–water partition coefficient (Wildman–Crippen LogP) is 1.77. The summed E-state index contributed by atoms with van der Waals surface area (Å²) >= 11 is 0. The minimum absolute atomic E-state index is 0.271. The highest BCUT2D eigenvalue weighted by atomic mass is 16.5. The van der Waals surface area contributed by atoms with Crippen molar-refractivity contribution in [3.05, 3.63) is 71.9 Å². The number of nitrogens with one attached hydrogen (secondary N) is 1. The number of aliphatic imine (C=N–C) groups is 1. The Morgan fingerprint density at radius 3 is 2.45 bits per heavy atom. The van der Waals surface area contributed by atoms with E-state index in [2.05, 4.69) is 10.3 Å². The maximum absolute atomic E-state index is 6.67. The van der Waals surface area contributed by atoms with Crippen LogP contribution < -0.4 is 21.5 Å². The van der Waals surface area contributed by atoms with Crippen molar-refractivity contribution >= 4 is 11.5 Å². The van der Waals surface area contributed by atoms with Crippen LogP contribution >= 0.6 is 0 Å². The second-order valence-corrected chi connectivity index (χ2v) is 5.03. The van der Waals surface area contributed by atoms with Crippen molar-refractivity contribution < 1.29 is 4.74 Å². The number of guanidine groups is 1. The summed E-state index contributed by atoms with van der Waals surface area (Å²) in [6.45, 7) is 0. The van der Waals surface area contributed by atoms with E-state index in [4.69, 9.17) is 16.2 Å². The predicted molar refractivity (Wildman–Crippen MR) is 88.0 cm³/mol. The fraction of sp³-hybridized carbons (Fsp3) is 0.118. The first-order valence-corrected chi connectivity index (χ1v) is 6.95. The van der Waals surface area contributed by atoms with Crippen LogP contribution in [0, 0.1) is 0 Å². The third kappa shape index (κ3) is 2.31. The molecule has 5 N–H and O–H groups in total. The summed E-state index contributed by atoms with van der Waals surface area (Å²) in [6, 6.07) is 17.4. The molecule has 0 bridgehead atoms. The lowest BCUT2D eigenvalue weighted by Gasteiger charge is -2.33. The molecule has 5 nitrogen and oxygen atoms in total. The van der Waals surface area contributed by atoms with Crippen LogP contribution in [0.3, 0.4) is 0 Å². The third-order valence-electron chi connectivity index (χ3n) is 3.67. The van der Waals surface area contributed by atoms with E-state index in [0.717, 1.165) is 16.7 Å². The molecule has 1 aliphatic rings. The van der Waals surface area contributed by atoms with Crippen molar-refractivity contribution in [1.29, 1.82) is 0 Å². The minimum Gasteiger partial charge on any atom is -0.496 e. The van der Waals surface area contributed by atoms with E-state index in [1.807, 2.05) is 54.6 Å². The molecule has 1 atom stereocenters. The molecule has 1 aliphatic heterocycles. The van der Waals surface area contributed by atoms with Crippen LogP contribution in [0.15, 0.2) is 65.8 Å². The van der Waals surface area contributed by atoms with Gasteiger partial charge in [0, 0.05) is 17.3 Å². The number of para-hydroxylation sites is 1. The van der Waals surface area contributed by atoms with Gasteiger partial charge in [-0.1, -0.05) is 48.5 Å². The molecule has 2 aromatic rings. The van der Waals surface area contributed by atoms with Gasteiger partial charge in [0.1, 0.15) is 5.75 Å². The van der Waals surface area contributed by atoms with Gasteiger partial charge >= 0.3 is 0 Å². The summed E-state index contributed by atoms with van der Waals surface area (Å²) in [5.74, 6) is 0.943. The molecular formula is C17H18N4O. The molecule has 0 aromatic heterocycles. The molecule has 2 aromatic carbocycles. The minimum atomic E-state index is -1.11. The SMILES string of the molecule is COc1ccccc1C1(N)N=C(N)NC=C1c1ccccc1. The number of benzene rings is 2. The zero-order chi connectivity index (χ0) is 15.6. The zero-order valence-electron chi connectivity index (χ0n) is 12.3. The van der Waals surface area contributed by atoms with Crippen LogP contribution in [0.2, 0.25) is 0 Å². The highest BCUT2D eigenvalue weighted by molar-refractivity contribution is 5.88. The zero-order valence-corrected chi connectivity index (χ0v) is 12.3. The average Bonchev–Trinajstić information content (AvgIpc) is 2.55. The standard InChI is InChI=1S/C17H18N4O/c1-22-15-10-6-5-9-13(15)17(19)14(11-20-16(18)21-17)12-7-3-2-4-8-12/h2-11H,19H2,1H3,(H3,18,20,21). The van der Waals surface area contributed by atoms with Crippen LogP contribution in [0.5, 0.6) is 5.75 Å². The van der Waals surface area contributed by atoms with Crippen LogP contribution in [0.4, 0.5) is 0 Å². The summed E-state index contributed by atoms with van der Waals surface area (Å²) in [5.41, 5.74) is 14.0. The smallest absolute Gasteiger partial charge is 0.195 e. The van der Waals surface area contributed by atoms with E-state index < -0.39 is 5.66 Å². The van der Waals surface area contributed by atoms with Gasteiger partial charge in [0.25, 0.3) is 0 Å². The number of nitrogens with two attached hydrogens (primary N) is 2. The third-order valence-corrected chi connectivity index (χ3v) is 3.67. The van der Waals surface area contributed by atoms with E-state index in [-0.39, 0.29) is 5.96 Å². The number of hydrogen-bond acceptors (Lipinski definition) is 5. The second-order valence-electron chi connectivity index (χ2n) is 5.03. The number of hydrogen-bond donors (Lipinski definition) is 3. The molecule has 1 unspecified atom stereocenters. The van der Waals surface area contributed by atoms with Crippen molar-refractivity contribution in [3.63, 3.8) is 0 Å². The first-order valence-electron chi connectivity index (χ1n) is 6.95. The van der Waals surface area contributed by atoms with Gasteiger partial charge in [-0.2, -0.15) is 0 Å². The fourth-order valence-corrected chi connectivity index (χ4v) is 2.62. The van der Waals surface area contributed by atoms with E-state index in [0.29, 0.717) is 5.75 Å². The maximum atomic E-state index is 6.67. The van der Waals surface area contributed by atoms with Crippen molar-refractivity contribution in [2.75, 3.05) is 7.11 Å². The Kier molecular flexibility index (Phi) is 3.56. The lowest BCUT2D eigenvalue weighted by atomic mass is 9.87. The largest absolute Gasteiger partial charge is 0.496 e. The summed E-state index contributed by atoms with van der Waals surface area (Å²) in [5, 5.41) is 2.94. The van der Waals surface area contributed by atoms with Crippen LogP contribution in [0.1, 0.15) is 11.1 Å². The summed E-state index contributed by atoms with van der Waals surface area (Å²) in [4.78, 5) is 4.46. The van der Waals surface area contributed by atoms with Crippen molar-refractivity contribution in [2.24, 2.45) is 16.5 Å². The number of rotatable bonds is 3. The summed E-state index contributed by atoms with van der Waals surface area (Å²) < 4.78 is 5.45. The maximum Gasteiger partial charge on any atom is 0.195 e. The lowest BCUT2D eigenvalue weighted by molar-refractivity contribution is 0.399. The van der Waals surface area contributed by atoms with Gasteiger partial charge in [0.2, 0.25) is 0 Å². The van der Waals surface area contributed by atoms with Crippen molar-refractivity contribution in [1.82, 2.24) is 5.32 Å². The topological polar surface area (TPSA) is 85.7 Å². The van der Waals surface area contributed by atoms with Gasteiger partial charge in [0.15, 0.2) is 11.6 Å². The van der Waals surface area contributed by atoms with E-state index in [9.17, 15) is 0 Å². The van der Waals surface area contributed by atoms with Crippen LogP contribution in [0.25, 0.3) is 5.57 Å². The Balaban J connectivity index is 2.19. The summed E-state index contributed by atoms with van der Waals surface area (Å²) in [6.07, 6.45) is 1.80. The molecule has 3 rings (SSSR count). The Labute approximate surface area is 129 Å². The van der Waals surface area contributed by atoms with E-state index in [1.165, 1.54) is 0 Å². The molecular weight excluding hydrogens is 276 g/mol. The van der Waals surface area contributed by atoms with Gasteiger partial charge in [-0.3, -0.25) is 5.73 Å². The monoisotopic (exact) mass is 294 g/mol. The highest BCUT2D eigenvalue weighted by Gasteiger charge is 2.37. The first-order chi connectivity index (χ1) is 10.6. The van der Waals surface area contributed by atoms with Crippen molar-refractivity contribution in [3.8, 4) is 5.75 Å². The quantitative estimate of drug-likeness (QED) is 0.805. The Morgan fingerprint density at radius 1 is 1.05 bits per heavy atom. The van der Waals surface area contributed by atoms with Gasteiger partial charge < -0.3 is 15.8 Å². The molecule has 0 radical (unpaired) electrons. The molecule has 5 heteroatoms. The van der Waals surface area contributed by atoms with E-state index in [1.54, 1.807) is 13.3 Å². The van der Waals surface area contributed by atoms with Gasteiger partial charge in [-0.25, -0.2) is 4.99 Å². The number of ether oxygens (including phenoxy) is 1. The number of nitrogens with zero attached hydrogens (tertiary/aromatic N) is 1. The molecule has 0 aliphatic carbocycles. The van der Waals surface area contributed by atoms with Crippen molar-refractivity contribution in [2.45, 2.75) is 5.66 Å².